The van der Waals surface area contributed by atoms with Crippen molar-refractivity contribution in [2.75, 3.05) is 37.6 Å². The summed E-state index contributed by atoms with van der Waals surface area (Å²) >= 11 is 0. The molecule has 0 atom stereocenters. The van der Waals surface area contributed by atoms with Crippen molar-refractivity contribution in [3.05, 3.63) is 89.7 Å². The lowest BCUT2D eigenvalue weighted by Gasteiger charge is -2.35. The molecule has 3 aromatic rings. The summed E-state index contributed by atoms with van der Waals surface area (Å²) in [7, 11) is 0. The second-order valence-corrected chi connectivity index (χ2v) is 8.75. The van der Waals surface area contributed by atoms with Gasteiger partial charge in [-0.25, -0.2) is 0 Å². The summed E-state index contributed by atoms with van der Waals surface area (Å²) in [6.07, 6.45) is 3.70. The number of amides is 3. The fourth-order valence-electron chi connectivity index (χ4n) is 4.81. The van der Waals surface area contributed by atoms with E-state index in [9.17, 15) is 14.4 Å². The molecule has 2 aliphatic heterocycles. The van der Waals surface area contributed by atoms with Gasteiger partial charge in [0.25, 0.3) is 11.8 Å². The molecule has 3 amide bonds. The molecule has 0 spiro atoms. The Morgan fingerprint density at radius 1 is 0.706 bits per heavy atom. The zero-order valence-electron chi connectivity index (χ0n) is 19.1. The molecule has 0 radical (unpaired) electrons. The number of anilines is 1. The highest BCUT2D eigenvalue weighted by atomic mass is 16.2. The van der Waals surface area contributed by atoms with Gasteiger partial charge in [0, 0.05) is 50.2 Å². The summed E-state index contributed by atoms with van der Waals surface area (Å²) in [5, 5.41) is 0. The van der Waals surface area contributed by atoms with Gasteiger partial charge in [-0.1, -0.05) is 36.4 Å². The third kappa shape index (κ3) is 4.33. The third-order valence-corrected chi connectivity index (χ3v) is 6.64. The van der Waals surface area contributed by atoms with E-state index < -0.39 is 0 Å². The van der Waals surface area contributed by atoms with E-state index >= 15 is 0 Å². The van der Waals surface area contributed by atoms with Crippen LogP contribution >= 0.6 is 0 Å². The monoisotopic (exact) mass is 456 g/mol. The Balaban J connectivity index is 1.23. The minimum absolute atomic E-state index is 0.0107. The van der Waals surface area contributed by atoms with E-state index in [1.54, 1.807) is 32.7 Å². The van der Waals surface area contributed by atoms with Crippen molar-refractivity contribution in [2.45, 2.75) is 19.4 Å². The maximum absolute atomic E-state index is 13.3. The normalized spacial score (nSPS) is 15.7. The van der Waals surface area contributed by atoms with Crippen LogP contribution in [0.2, 0.25) is 0 Å². The van der Waals surface area contributed by atoms with Crippen molar-refractivity contribution in [3.63, 3.8) is 0 Å². The lowest BCUT2D eigenvalue weighted by atomic mass is 10.0. The smallest absolute Gasteiger partial charge is 0.270 e. The summed E-state index contributed by atoms with van der Waals surface area (Å²) in [5.74, 6) is -0.136. The summed E-state index contributed by atoms with van der Waals surface area (Å²) in [4.78, 5) is 44.5. The molecule has 1 fully saturated rings. The predicted octanol–water partition coefficient (Wildman–Crippen LogP) is 3.07. The maximum Gasteiger partial charge on any atom is 0.270 e. The van der Waals surface area contributed by atoms with E-state index in [1.165, 1.54) is 5.56 Å². The van der Waals surface area contributed by atoms with Crippen LogP contribution in [0.25, 0.3) is 0 Å². The number of benzene rings is 2. The molecule has 1 aromatic heterocycles. The molecule has 3 heterocycles. The SMILES string of the molecule is O=C(c1ccccc1)N1CCN(C(=O)c2cccn2CC(=O)N2CCCc3ccccc32)CC1. The van der Waals surface area contributed by atoms with Crippen LogP contribution in [0.5, 0.6) is 0 Å². The van der Waals surface area contributed by atoms with Crippen LogP contribution in [0.3, 0.4) is 0 Å². The number of carbonyl (C=O) groups excluding carboxylic acids is 3. The number of aryl methyl sites for hydroxylation is 1. The fourth-order valence-corrected chi connectivity index (χ4v) is 4.81. The van der Waals surface area contributed by atoms with Crippen molar-refractivity contribution in [1.82, 2.24) is 14.4 Å². The Morgan fingerprint density at radius 3 is 2.15 bits per heavy atom. The number of carbonyl (C=O) groups is 3. The molecule has 0 aliphatic carbocycles. The minimum Gasteiger partial charge on any atom is -0.335 e. The van der Waals surface area contributed by atoms with E-state index in [4.69, 9.17) is 0 Å². The van der Waals surface area contributed by atoms with E-state index in [2.05, 4.69) is 6.07 Å². The van der Waals surface area contributed by atoms with Gasteiger partial charge in [-0.15, -0.1) is 0 Å². The molecule has 0 saturated carbocycles. The third-order valence-electron chi connectivity index (χ3n) is 6.64. The second-order valence-electron chi connectivity index (χ2n) is 8.75. The van der Waals surface area contributed by atoms with Gasteiger partial charge < -0.3 is 19.3 Å². The Hall–Kier alpha value is -3.87. The average Bonchev–Trinajstić information content (AvgIpc) is 3.36. The molecule has 2 aliphatic rings. The Morgan fingerprint density at radius 2 is 1.38 bits per heavy atom. The molecule has 174 valence electrons. The molecule has 1 saturated heterocycles. The minimum atomic E-state index is -0.108. The number of nitrogens with zero attached hydrogens (tertiary/aromatic N) is 4. The first-order chi connectivity index (χ1) is 16.6. The van der Waals surface area contributed by atoms with Crippen LogP contribution in [-0.4, -0.2) is 64.8 Å². The molecule has 5 rings (SSSR count). The van der Waals surface area contributed by atoms with E-state index in [0.29, 0.717) is 44.0 Å². The first-order valence-electron chi connectivity index (χ1n) is 11.8. The van der Waals surface area contributed by atoms with Gasteiger partial charge in [-0.2, -0.15) is 0 Å². The first kappa shape index (κ1) is 21.9. The highest BCUT2D eigenvalue weighted by molar-refractivity contribution is 5.97. The second kappa shape index (κ2) is 9.55. The summed E-state index contributed by atoms with van der Waals surface area (Å²) in [6.45, 7) is 2.73. The predicted molar refractivity (Wildman–Crippen MR) is 130 cm³/mol. The Bertz CT molecular complexity index is 1200. The number of hydrogen-bond donors (Lipinski definition) is 0. The Labute approximate surface area is 199 Å². The lowest BCUT2D eigenvalue weighted by Crippen LogP contribution is -2.51. The lowest BCUT2D eigenvalue weighted by molar-refractivity contribution is -0.119. The molecule has 34 heavy (non-hydrogen) atoms. The van der Waals surface area contributed by atoms with Crippen LogP contribution in [0, 0.1) is 0 Å². The van der Waals surface area contributed by atoms with Crippen LogP contribution in [0.15, 0.2) is 72.9 Å². The number of piperazine rings is 1. The van der Waals surface area contributed by atoms with Crippen molar-refractivity contribution < 1.29 is 14.4 Å². The summed E-state index contributed by atoms with van der Waals surface area (Å²) in [5.41, 5.74) is 3.32. The molecular formula is C27H28N4O3. The number of fused-ring (bicyclic) bond motifs is 1. The Kier molecular flexibility index (Phi) is 6.16. The highest BCUT2D eigenvalue weighted by Gasteiger charge is 2.28. The van der Waals surface area contributed by atoms with Gasteiger partial charge in [-0.3, -0.25) is 14.4 Å². The zero-order chi connectivity index (χ0) is 23.5. The van der Waals surface area contributed by atoms with Crippen molar-refractivity contribution in [1.29, 1.82) is 0 Å². The molecule has 7 heteroatoms. The maximum atomic E-state index is 13.3. The van der Waals surface area contributed by atoms with Gasteiger partial charge in [0.2, 0.25) is 5.91 Å². The molecule has 2 aromatic carbocycles. The van der Waals surface area contributed by atoms with E-state index in [0.717, 1.165) is 18.5 Å². The molecule has 0 bridgehead atoms. The van der Waals surface area contributed by atoms with Gasteiger partial charge in [0.05, 0.1) is 0 Å². The fraction of sp³-hybridized carbons (Fsp3) is 0.296. The largest absolute Gasteiger partial charge is 0.335 e. The first-order valence-corrected chi connectivity index (χ1v) is 11.8. The number of para-hydroxylation sites is 1. The average molecular weight is 457 g/mol. The van der Waals surface area contributed by atoms with Crippen molar-refractivity contribution in [2.24, 2.45) is 0 Å². The van der Waals surface area contributed by atoms with Crippen LogP contribution in [-0.2, 0) is 17.8 Å². The van der Waals surface area contributed by atoms with Crippen molar-refractivity contribution in [3.8, 4) is 0 Å². The van der Waals surface area contributed by atoms with Crippen LogP contribution < -0.4 is 4.90 Å². The van der Waals surface area contributed by atoms with Gasteiger partial charge in [-0.05, 0) is 48.7 Å². The van der Waals surface area contributed by atoms with Gasteiger partial charge >= 0.3 is 0 Å². The van der Waals surface area contributed by atoms with Gasteiger partial charge in [0.1, 0.15) is 12.2 Å². The quantitative estimate of drug-likeness (QED) is 0.606. The van der Waals surface area contributed by atoms with E-state index in [-0.39, 0.29) is 24.3 Å². The molecule has 0 N–H and O–H groups in total. The standard InChI is InChI=1S/C27H28N4O3/c32-25(31-15-6-11-21-8-4-5-12-23(21)31)20-30-14-7-13-24(30)27(34)29-18-16-28(17-19-29)26(33)22-9-2-1-3-10-22/h1-5,7-10,12-14H,6,11,15-20H2. The van der Waals surface area contributed by atoms with Crippen molar-refractivity contribution >= 4 is 23.4 Å². The molecular weight excluding hydrogens is 428 g/mol. The summed E-state index contributed by atoms with van der Waals surface area (Å²) in [6, 6.07) is 20.8. The van der Waals surface area contributed by atoms with Crippen LogP contribution in [0.1, 0.15) is 32.8 Å². The van der Waals surface area contributed by atoms with Gasteiger partial charge in [0.15, 0.2) is 0 Å². The highest BCUT2D eigenvalue weighted by Crippen LogP contribution is 2.27. The molecule has 0 unspecified atom stereocenters. The number of aromatic nitrogens is 1. The number of rotatable bonds is 4. The molecule has 7 nitrogen and oxygen atoms in total. The topological polar surface area (TPSA) is 65.9 Å². The van der Waals surface area contributed by atoms with Crippen LogP contribution in [0.4, 0.5) is 5.69 Å². The summed E-state index contributed by atoms with van der Waals surface area (Å²) < 4.78 is 1.74. The van der Waals surface area contributed by atoms with E-state index in [1.807, 2.05) is 53.4 Å². The zero-order valence-corrected chi connectivity index (χ0v) is 19.1. The number of hydrogen-bond acceptors (Lipinski definition) is 3.